The van der Waals surface area contributed by atoms with E-state index in [4.69, 9.17) is 4.74 Å². The Hall–Kier alpha value is -1.02. The Labute approximate surface area is 143 Å². The van der Waals surface area contributed by atoms with Crippen LogP contribution in [0.2, 0.25) is 0 Å². The molecule has 0 aromatic rings. The Balaban J connectivity index is 2.62. The van der Waals surface area contributed by atoms with Gasteiger partial charge in [0.15, 0.2) is 5.96 Å². The lowest BCUT2D eigenvalue weighted by molar-refractivity contribution is -0.132. The predicted octanol–water partition coefficient (Wildman–Crippen LogP) is 2.38. The average Bonchev–Trinajstić information content (AvgIpc) is 2.42. The summed E-state index contributed by atoms with van der Waals surface area (Å²) in [5.74, 6) is 0.421. The fourth-order valence-electron chi connectivity index (χ4n) is 2.71. The monoisotopic (exact) mass is 352 g/mol. The molecule has 0 radical (unpaired) electrons. The van der Waals surface area contributed by atoms with Gasteiger partial charge in [0, 0.05) is 31.7 Å². The van der Waals surface area contributed by atoms with Crippen LogP contribution in [0.5, 0.6) is 0 Å². The summed E-state index contributed by atoms with van der Waals surface area (Å²) in [7, 11) is 0. The highest BCUT2D eigenvalue weighted by atomic mass is 19.4. The second-order valence-electron chi connectivity index (χ2n) is 6.96. The number of nitrogens with one attached hydrogen (secondary N) is 2. The second kappa shape index (κ2) is 8.89. The fourth-order valence-corrected chi connectivity index (χ4v) is 2.71. The number of ether oxygens (including phenoxy) is 1. The summed E-state index contributed by atoms with van der Waals surface area (Å²) in [5.41, 5.74) is -0.196. The van der Waals surface area contributed by atoms with Gasteiger partial charge in [-0.1, -0.05) is 0 Å². The topological polar surface area (TPSA) is 48.9 Å². The van der Waals surface area contributed by atoms with Crippen LogP contribution < -0.4 is 10.6 Å². The van der Waals surface area contributed by atoms with Gasteiger partial charge >= 0.3 is 6.18 Å². The van der Waals surface area contributed by atoms with Crippen LogP contribution in [0.1, 0.15) is 41.0 Å². The highest BCUT2D eigenvalue weighted by molar-refractivity contribution is 5.79. The van der Waals surface area contributed by atoms with Crippen molar-refractivity contribution in [2.45, 2.75) is 65.0 Å². The van der Waals surface area contributed by atoms with Gasteiger partial charge in [-0.15, -0.1) is 0 Å². The first-order valence-corrected chi connectivity index (χ1v) is 8.53. The molecule has 5 nitrogen and oxygen atoms in total. The quantitative estimate of drug-likeness (QED) is 0.569. The number of nitrogens with zero attached hydrogens (tertiary/aromatic N) is 2. The number of alkyl halides is 3. The predicted molar refractivity (Wildman–Crippen MR) is 90.3 cm³/mol. The van der Waals surface area contributed by atoms with Gasteiger partial charge in [0.05, 0.1) is 25.2 Å². The minimum atomic E-state index is -4.16. The van der Waals surface area contributed by atoms with E-state index in [0.29, 0.717) is 19.0 Å². The fraction of sp³-hybridized carbons (Fsp3) is 0.938. The van der Waals surface area contributed by atoms with Crippen LogP contribution in [-0.4, -0.2) is 67.5 Å². The molecule has 142 valence electrons. The molecule has 2 atom stereocenters. The molecule has 1 saturated heterocycles. The van der Waals surface area contributed by atoms with Crippen molar-refractivity contribution in [1.29, 1.82) is 0 Å². The molecule has 2 unspecified atom stereocenters. The van der Waals surface area contributed by atoms with Gasteiger partial charge in [-0.25, -0.2) is 0 Å². The van der Waals surface area contributed by atoms with E-state index >= 15 is 0 Å². The van der Waals surface area contributed by atoms with Gasteiger partial charge < -0.3 is 15.4 Å². The molecule has 0 spiro atoms. The van der Waals surface area contributed by atoms with Gasteiger partial charge in [0.2, 0.25) is 0 Å². The van der Waals surface area contributed by atoms with Crippen molar-refractivity contribution in [3.05, 3.63) is 0 Å². The number of hydrogen-bond donors (Lipinski definition) is 2. The zero-order chi connectivity index (χ0) is 18.4. The zero-order valence-electron chi connectivity index (χ0n) is 15.3. The molecule has 0 aromatic heterocycles. The molecule has 8 heteroatoms. The van der Waals surface area contributed by atoms with Crippen LogP contribution in [-0.2, 0) is 4.74 Å². The maximum atomic E-state index is 12.3. The first-order valence-electron chi connectivity index (χ1n) is 8.53. The van der Waals surface area contributed by atoms with E-state index in [1.54, 1.807) is 0 Å². The lowest BCUT2D eigenvalue weighted by Crippen LogP contribution is -2.56. The molecule has 0 bridgehead atoms. The number of hydrogen-bond acceptors (Lipinski definition) is 3. The van der Waals surface area contributed by atoms with Gasteiger partial charge in [0.25, 0.3) is 0 Å². The van der Waals surface area contributed by atoms with Crippen molar-refractivity contribution in [2.24, 2.45) is 4.99 Å². The Kier molecular flexibility index (Phi) is 7.79. The van der Waals surface area contributed by atoms with Crippen LogP contribution in [0.15, 0.2) is 4.99 Å². The molecule has 1 fully saturated rings. The summed E-state index contributed by atoms with van der Waals surface area (Å²) in [6.07, 6.45) is -4.71. The Morgan fingerprint density at radius 3 is 2.25 bits per heavy atom. The van der Waals surface area contributed by atoms with E-state index in [9.17, 15) is 13.2 Å². The third-order valence-corrected chi connectivity index (χ3v) is 3.94. The van der Waals surface area contributed by atoms with E-state index in [2.05, 4.69) is 34.4 Å². The van der Waals surface area contributed by atoms with Crippen molar-refractivity contribution < 1.29 is 17.9 Å². The third kappa shape index (κ3) is 7.70. The molecule has 1 aliphatic rings. The smallest absolute Gasteiger partial charge is 0.373 e. The van der Waals surface area contributed by atoms with Gasteiger partial charge in [0.1, 0.15) is 0 Å². The summed E-state index contributed by atoms with van der Waals surface area (Å²) >= 11 is 0. The minimum Gasteiger partial charge on any atom is -0.373 e. The highest BCUT2D eigenvalue weighted by Crippen LogP contribution is 2.21. The molecule has 0 saturated carbocycles. The van der Waals surface area contributed by atoms with E-state index in [0.717, 1.165) is 13.1 Å². The largest absolute Gasteiger partial charge is 0.390 e. The van der Waals surface area contributed by atoms with Crippen LogP contribution in [0.4, 0.5) is 13.2 Å². The molecule has 24 heavy (non-hydrogen) atoms. The van der Waals surface area contributed by atoms with Gasteiger partial charge in [-0.3, -0.25) is 9.89 Å². The molecular weight excluding hydrogens is 321 g/mol. The summed E-state index contributed by atoms with van der Waals surface area (Å²) in [4.78, 5) is 6.80. The van der Waals surface area contributed by atoms with E-state index in [1.807, 2.05) is 20.8 Å². The Morgan fingerprint density at radius 2 is 1.75 bits per heavy atom. The number of morpholine rings is 1. The molecule has 0 amide bonds. The summed E-state index contributed by atoms with van der Waals surface area (Å²) in [5, 5.41) is 5.74. The molecule has 1 heterocycles. The highest BCUT2D eigenvalue weighted by Gasteiger charge is 2.33. The van der Waals surface area contributed by atoms with Crippen LogP contribution in [0, 0.1) is 0 Å². The van der Waals surface area contributed by atoms with Crippen molar-refractivity contribution in [3.8, 4) is 0 Å². The molecule has 1 aliphatic heterocycles. The summed E-state index contributed by atoms with van der Waals surface area (Å²) in [6.45, 7) is 12.7. The summed E-state index contributed by atoms with van der Waals surface area (Å²) in [6, 6.07) is 0. The summed E-state index contributed by atoms with van der Waals surface area (Å²) < 4.78 is 42.5. The number of aliphatic imine (C=N–C) groups is 1. The van der Waals surface area contributed by atoms with Crippen LogP contribution >= 0.6 is 0 Å². The minimum absolute atomic E-state index is 0.162. The van der Waals surface area contributed by atoms with E-state index < -0.39 is 12.6 Å². The maximum absolute atomic E-state index is 12.3. The van der Waals surface area contributed by atoms with Crippen molar-refractivity contribution in [2.75, 3.05) is 32.7 Å². The molecule has 1 rings (SSSR count). The van der Waals surface area contributed by atoms with E-state index in [1.165, 1.54) is 0 Å². The van der Waals surface area contributed by atoms with Crippen LogP contribution in [0.3, 0.4) is 0 Å². The average molecular weight is 352 g/mol. The lowest BCUT2D eigenvalue weighted by Gasteiger charge is -2.44. The third-order valence-electron chi connectivity index (χ3n) is 3.94. The first-order chi connectivity index (χ1) is 11.0. The Bertz CT molecular complexity index is 403. The van der Waals surface area contributed by atoms with Gasteiger partial charge in [-0.2, -0.15) is 13.2 Å². The lowest BCUT2D eigenvalue weighted by atomic mass is 10.0. The van der Waals surface area contributed by atoms with Crippen molar-refractivity contribution in [1.82, 2.24) is 15.5 Å². The maximum Gasteiger partial charge on any atom is 0.390 e. The standard InChI is InChI=1S/C16H31F3N4O/c1-6-20-14(21-8-7-16(17,18)19)22-11-15(4,5)23-9-12(2)24-13(3)10-23/h12-13H,6-11H2,1-5H3,(H2,20,21,22). The molecular formula is C16H31F3N4O. The SMILES string of the molecule is CCNC(=NCC(C)(C)N1CC(C)OC(C)C1)NCCC(F)(F)F. The van der Waals surface area contributed by atoms with Crippen LogP contribution in [0.25, 0.3) is 0 Å². The zero-order valence-corrected chi connectivity index (χ0v) is 15.3. The molecule has 2 N–H and O–H groups in total. The second-order valence-corrected chi connectivity index (χ2v) is 6.96. The molecule has 0 aliphatic carbocycles. The van der Waals surface area contributed by atoms with Crippen molar-refractivity contribution in [3.63, 3.8) is 0 Å². The first kappa shape index (κ1) is 21.0. The Morgan fingerprint density at radius 1 is 1.17 bits per heavy atom. The number of halogens is 3. The number of guanidine groups is 1. The van der Waals surface area contributed by atoms with Crippen molar-refractivity contribution >= 4 is 5.96 Å². The normalized spacial score (nSPS) is 24.1. The van der Waals surface area contributed by atoms with E-state index in [-0.39, 0.29) is 24.3 Å². The van der Waals surface area contributed by atoms with Gasteiger partial charge in [-0.05, 0) is 34.6 Å². The molecule has 0 aromatic carbocycles. The number of rotatable bonds is 6.